The lowest BCUT2D eigenvalue weighted by Crippen LogP contribution is -2.40. The Balaban J connectivity index is 1.49. The van der Waals surface area contributed by atoms with Gasteiger partial charge in [0.25, 0.3) is 0 Å². The number of nitrogens with zero attached hydrogens (tertiary/aromatic N) is 2. The van der Waals surface area contributed by atoms with Crippen LogP contribution in [0.4, 0.5) is 5.82 Å². The lowest BCUT2D eigenvalue weighted by atomic mass is 9.99. The highest BCUT2D eigenvalue weighted by atomic mass is 16.5. The molecule has 0 saturated carbocycles. The van der Waals surface area contributed by atoms with Gasteiger partial charge in [0.2, 0.25) is 5.91 Å². The highest BCUT2D eigenvalue weighted by Crippen LogP contribution is 2.14. The van der Waals surface area contributed by atoms with E-state index in [1.807, 2.05) is 18.3 Å². The van der Waals surface area contributed by atoms with Crippen molar-refractivity contribution in [1.82, 2.24) is 15.6 Å². The zero-order chi connectivity index (χ0) is 15.2. The van der Waals surface area contributed by atoms with E-state index in [1.165, 1.54) is 0 Å². The number of carbonyl (C=O) groups is 1. The van der Waals surface area contributed by atoms with E-state index in [0.717, 1.165) is 63.6 Å². The molecule has 0 radical (unpaired) electrons. The topological polar surface area (TPSA) is 66.5 Å². The summed E-state index contributed by atoms with van der Waals surface area (Å²) in [6.07, 6.45) is 3.91. The van der Waals surface area contributed by atoms with E-state index in [1.54, 1.807) is 0 Å². The second-order valence-electron chi connectivity index (χ2n) is 5.89. The molecule has 3 heterocycles. The lowest BCUT2D eigenvalue weighted by Gasteiger charge is -2.27. The quantitative estimate of drug-likeness (QED) is 0.849. The molecule has 0 spiro atoms. The van der Waals surface area contributed by atoms with E-state index >= 15 is 0 Å². The fraction of sp³-hybridized carbons (Fsp3) is 0.625. The molecule has 6 nitrogen and oxygen atoms in total. The number of morpholine rings is 1. The largest absolute Gasteiger partial charge is 0.378 e. The molecule has 3 rings (SSSR count). The third kappa shape index (κ3) is 3.96. The molecule has 2 fully saturated rings. The van der Waals surface area contributed by atoms with Gasteiger partial charge in [-0.15, -0.1) is 0 Å². The number of pyridine rings is 1. The first kappa shape index (κ1) is 15.2. The second-order valence-corrected chi connectivity index (χ2v) is 5.89. The summed E-state index contributed by atoms with van der Waals surface area (Å²) in [5.74, 6) is 1.23. The van der Waals surface area contributed by atoms with Crippen LogP contribution >= 0.6 is 0 Å². The fourth-order valence-corrected chi connectivity index (χ4v) is 2.91. The van der Waals surface area contributed by atoms with Crippen LogP contribution in [0.3, 0.4) is 0 Å². The summed E-state index contributed by atoms with van der Waals surface area (Å²) in [5, 5.41) is 6.28. The number of piperidine rings is 1. The van der Waals surface area contributed by atoms with Crippen molar-refractivity contribution in [3.63, 3.8) is 0 Å². The molecule has 1 atom stereocenters. The van der Waals surface area contributed by atoms with Crippen molar-refractivity contribution in [2.45, 2.75) is 19.4 Å². The van der Waals surface area contributed by atoms with E-state index in [9.17, 15) is 4.79 Å². The molecular weight excluding hydrogens is 280 g/mol. The molecule has 2 saturated heterocycles. The summed E-state index contributed by atoms with van der Waals surface area (Å²) in [6.45, 7) is 5.65. The molecule has 1 aromatic rings. The highest BCUT2D eigenvalue weighted by molar-refractivity contribution is 5.78. The Labute approximate surface area is 131 Å². The normalized spacial score (nSPS) is 22.4. The minimum absolute atomic E-state index is 0.106. The Bertz CT molecular complexity index is 479. The van der Waals surface area contributed by atoms with Crippen molar-refractivity contribution in [3.8, 4) is 0 Å². The molecule has 22 heavy (non-hydrogen) atoms. The maximum atomic E-state index is 12.1. The van der Waals surface area contributed by atoms with Gasteiger partial charge < -0.3 is 20.3 Å². The van der Waals surface area contributed by atoms with Crippen LogP contribution in [0.25, 0.3) is 0 Å². The van der Waals surface area contributed by atoms with Gasteiger partial charge in [-0.05, 0) is 31.0 Å². The molecule has 120 valence electrons. The monoisotopic (exact) mass is 304 g/mol. The van der Waals surface area contributed by atoms with Gasteiger partial charge in [-0.2, -0.15) is 0 Å². The first-order valence-corrected chi connectivity index (χ1v) is 8.09. The van der Waals surface area contributed by atoms with Crippen molar-refractivity contribution >= 4 is 11.7 Å². The average molecular weight is 304 g/mol. The van der Waals surface area contributed by atoms with Crippen LogP contribution < -0.4 is 15.5 Å². The Morgan fingerprint density at radius 1 is 1.41 bits per heavy atom. The molecule has 1 amide bonds. The van der Waals surface area contributed by atoms with Crippen LogP contribution in [-0.4, -0.2) is 50.3 Å². The number of carbonyl (C=O) groups excluding carboxylic acids is 1. The number of rotatable bonds is 4. The van der Waals surface area contributed by atoms with Crippen LogP contribution in [0.5, 0.6) is 0 Å². The summed E-state index contributed by atoms with van der Waals surface area (Å²) >= 11 is 0. The van der Waals surface area contributed by atoms with Crippen molar-refractivity contribution in [1.29, 1.82) is 0 Å². The zero-order valence-corrected chi connectivity index (χ0v) is 12.9. The fourth-order valence-electron chi connectivity index (χ4n) is 2.91. The van der Waals surface area contributed by atoms with Crippen LogP contribution in [0, 0.1) is 5.92 Å². The molecule has 1 aromatic heterocycles. The number of amides is 1. The van der Waals surface area contributed by atoms with Gasteiger partial charge in [0, 0.05) is 32.4 Å². The van der Waals surface area contributed by atoms with Crippen molar-refractivity contribution in [3.05, 3.63) is 23.9 Å². The van der Waals surface area contributed by atoms with Gasteiger partial charge in [0.1, 0.15) is 5.82 Å². The molecule has 0 aromatic carbocycles. The molecule has 2 N–H and O–H groups in total. The summed E-state index contributed by atoms with van der Waals surface area (Å²) in [5.41, 5.74) is 1.04. The van der Waals surface area contributed by atoms with E-state index in [0.29, 0.717) is 6.54 Å². The minimum atomic E-state index is 0.106. The van der Waals surface area contributed by atoms with Gasteiger partial charge in [-0.25, -0.2) is 4.98 Å². The minimum Gasteiger partial charge on any atom is -0.378 e. The molecule has 2 aliphatic rings. The van der Waals surface area contributed by atoms with Crippen LogP contribution in [0.15, 0.2) is 18.3 Å². The maximum absolute atomic E-state index is 12.1. The Morgan fingerprint density at radius 3 is 2.95 bits per heavy atom. The average Bonchev–Trinajstić information content (AvgIpc) is 2.61. The highest BCUT2D eigenvalue weighted by Gasteiger charge is 2.20. The van der Waals surface area contributed by atoms with Crippen molar-refractivity contribution in [2.75, 3.05) is 44.3 Å². The number of anilines is 1. The van der Waals surface area contributed by atoms with Gasteiger partial charge >= 0.3 is 0 Å². The smallest absolute Gasteiger partial charge is 0.224 e. The first-order chi connectivity index (χ1) is 10.8. The molecule has 2 aliphatic heterocycles. The summed E-state index contributed by atoms with van der Waals surface area (Å²) in [6, 6.07) is 4.06. The molecule has 6 heteroatoms. The van der Waals surface area contributed by atoms with E-state index in [-0.39, 0.29) is 11.8 Å². The van der Waals surface area contributed by atoms with E-state index < -0.39 is 0 Å². The third-order valence-electron chi connectivity index (χ3n) is 4.28. The van der Waals surface area contributed by atoms with Crippen LogP contribution in [0.1, 0.15) is 18.4 Å². The van der Waals surface area contributed by atoms with Gasteiger partial charge in [0.05, 0.1) is 19.1 Å². The Kier molecular flexibility index (Phi) is 5.24. The van der Waals surface area contributed by atoms with Gasteiger partial charge in [0.15, 0.2) is 0 Å². The van der Waals surface area contributed by atoms with Crippen LogP contribution in [0.2, 0.25) is 0 Å². The number of aromatic nitrogens is 1. The zero-order valence-electron chi connectivity index (χ0n) is 12.9. The second kappa shape index (κ2) is 7.56. The lowest BCUT2D eigenvalue weighted by molar-refractivity contribution is -0.125. The molecular formula is C16H24N4O2. The third-order valence-corrected chi connectivity index (χ3v) is 4.28. The number of hydrogen-bond donors (Lipinski definition) is 2. The van der Waals surface area contributed by atoms with Crippen molar-refractivity contribution < 1.29 is 9.53 Å². The maximum Gasteiger partial charge on any atom is 0.224 e. The SMILES string of the molecule is O=C(NCc1ccc(N2CCOCC2)nc1)[C@@H]1CCCNC1. The van der Waals surface area contributed by atoms with Crippen LogP contribution in [-0.2, 0) is 16.1 Å². The molecule has 0 bridgehead atoms. The van der Waals surface area contributed by atoms with E-state index in [2.05, 4.69) is 20.5 Å². The summed E-state index contributed by atoms with van der Waals surface area (Å²) in [4.78, 5) is 18.8. The standard InChI is InChI=1S/C16H24N4O2/c21-16(14-2-1-5-17-12-14)19-11-13-3-4-15(18-10-13)20-6-8-22-9-7-20/h3-4,10,14,17H,1-2,5-9,11-12H2,(H,19,21)/t14-/m1/s1. The predicted molar refractivity (Wildman–Crippen MR) is 84.7 cm³/mol. The Morgan fingerprint density at radius 2 is 2.27 bits per heavy atom. The van der Waals surface area contributed by atoms with E-state index in [4.69, 9.17) is 4.74 Å². The summed E-state index contributed by atoms with van der Waals surface area (Å²) < 4.78 is 5.35. The molecule has 0 unspecified atom stereocenters. The Hall–Kier alpha value is -1.66. The van der Waals surface area contributed by atoms with Crippen molar-refractivity contribution in [2.24, 2.45) is 5.92 Å². The molecule has 0 aliphatic carbocycles. The number of hydrogen-bond acceptors (Lipinski definition) is 5. The summed E-state index contributed by atoms with van der Waals surface area (Å²) in [7, 11) is 0. The predicted octanol–water partition coefficient (Wildman–Crippen LogP) is 0.534. The number of nitrogens with one attached hydrogen (secondary N) is 2. The van der Waals surface area contributed by atoms with Gasteiger partial charge in [-0.3, -0.25) is 4.79 Å². The first-order valence-electron chi connectivity index (χ1n) is 8.09. The van der Waals surface area contributed by atoms with Gasteiger partial charge in [-0.1, -0.05) is 6.07 Å². The number of ether oxygens (including phenoxy) is 1.